The van der Waals surface area contributed by atoms with Crippen molar-refractivity contribution in [3.05, 3.63) is 40.3 Å². The van der Waals surface area contributed by atoms with Gasteiger partial charge in [-0.25, -0.2) is 0 Å². The van der Waals surface area contributed by atoms with E-state index in [1.807, 2.05) is 0 Å². The smallest absolute Gasteiger partial charge is 0.251 e. The van der Waals surface area contributed by atoms with E-state index >= 15 is 0 Å². The Kier molecular flexibility index (Phi) is 9.20. The third-order valence-electron chi connectivity index (χ3n) is 2.90. The van der Waals surface area contributed by atoms with Crippen LogP contribution in [0.3, 0.4) is 0 Å². The summed E-state index contributed by atoms with van der Waals surface area (Å²) in [6, 6.07) is 6.55. The Morgan fingerprint density at radius 1 is 1.30 bits per heavy atom. The van der Waals surface area contributed by atoms with E-state index in [4.69, 9.17) is 5.53 Å². The first-order chi connectivity index (χ1) is 9.21. The Morgan fingerprint density at radius 3 is 2.40 bits per heavy atom. The molecule has 0 spiro atoms. The molecule has 110 valence electrons. The quantitative estimate of drug-likeness (QED) is 0.476. The van der Waals surface area contributed by atoms with Gasteiger partial charge in [0.25, 0.3) is 5.91 Å². The summed E-state index contributed by atoms with van der Waals surface area (Å²) < 4.78 is 0. The molecule has 0 atom stereocenters. The van der Waals surface area contributed by atoms with E-state index in [1.54, 1.807) is 24.3 Å². The predicted octanol–water partition coefficient (Wildman–Crippen LogP) is 3.12. The number of nitrogens with zero attached hydrogens (tertiary/aromatic N) is 4. The molecule has 1 N–H and O–H groups in total. The Bertz CT molecular complexity index is 452. The molecule has 0 aliphatic carbocycles. The first kappa shape index (κ1) is 18.2. The molecule has 0 aromatic heterocycles. The number of rotatable bonds is 7. The molecule has 1 rings (SSSR count). The molecule has 0 saturated carbocycles. The monoisotopic (exact) mass is 297 g/mol. The summed E-state index contributed by atoms with van der Waals surface area (Å²) in [5.74, 6) is -0.111. The number of carbonyl (C=O) groups excluding carboxylic acids is 1. The lowest BCUT2D eigenvalue weighted by Crippen LogP contribution is -2.34. The third kappa shape index (κ3) is 5.93. The fourth-order valence-corrected chi connectivity index (χ4v) is 1.70. The number of carbonyl (C=O) groups is 1. The zero-order chi connectivity index (χ0) is 14.1. The maximum Gasteiger partial charge on any atom is 0.251 e. The highest BCUT2D eigenvalue weighted by molar-refractivity contribution is 5.94. The van der Waals surface area contributed by atoms with Crippen molar-refractivity contribution in [2.45, 2.75) is 13.8 Å². The van der Waals surface area contributed by atoms with Crippen LogP contribution in [0.1, 0.15) is 24.2 Å². The SMILES string of the molecule is CCN(CC)CCNC(=O)c1ccc(N=[N+]=[N-])cc1.Cl. The Labute approximate surface area is 125 Å². The number of hydrogen-bond donors (Lipinski definition) is 1. The fraction of sp³-hybridized carbons (Fsp3) is 0.462. The average Bonchev–Trinajstić information content (AvgIpc) is 2.44. The Balaban J connectivity index is 0.00000361. The average molecular weight is 298 g/mol. The number of hydrogen-bond acceptors (Lipinski definition) is 3. The molecule has 1 amide bonds. The van der Waals surface area contributed by atoms with E-state index in [-0.39, 0.29) is 18.3 Å². The van der Waals surface area contributed by atoms with Gasteiger partial charge in [0.2, 0.25) is 0 Å². The van der Waals surface area contributed by atoms with Gasteiger partial charge in [-0.2, -0.15) is 0 Å². The molecule has 6 nitrogen and oxygen atoms in total. The highest BCUT2D eigenvalue weighted by Crippen LogP contribution is 2.12. The van der Waals surface area contributed by atoms with Crippen molar-refractivity contribution in [1.82, 2.24) is 10.2 Å². The summed E-state index contributed by atoms with van der Waals surface area (Å²) in [5.41, 5.74) is 9.36. The molecule has 7 heteroatoms. The van der Waals surface area contributed by atoms with Crippen LogP contribution in [-0.2, 0) is 0 Å². The highest BCUT2D eigenvalue weighted by Gasteiger charge is 2.05. The maximum absolute atomic E-state index is 11.8. The van der Waals surface area contributed by atoms with Crippen molar-refractivity contribution in [3.8, 4) is 0 Å². The van der Waals surface area contributed by atoms with Crippen molar-refractivity contribution in [2.75, 3.05) is 26.2 Å². The molecule has 0 bridgehead atoms. The first-order valence-corrected chi connectivity index (χ1v) is 6.37. The van der Waals surface area contributed by atoms with Crippen molar-refractivity contribution in [3.63, 3.8) is 0 Å². The summed E-state index contributed by atoms with van der Waals surface area (Å²) in [7, 11) is 0. The van der Waals surface area contributed by atoms with Gasteiger partial charge in [0.15, 0.2) is 0 Å². The van der Waals surface area contributed by atoms with Crippen LogP contribution < -0.4 is 5.32 Å². The lowest BCUT2D eigenvalue weighted by molar-refractivity contribution is 0.0949. The lowest BCUT2D eigenvalue weighted by atomic mass is 10.2. The Morgan fingerprint density at radius 2 is 1.90 bits per heavy atom. The zero-order valence-electron chi connectivity index (χ0n) is 11.7. The maximum atomic E-state index is 11.8. The topological polar surface area (TPSA) is 81.1 Å². The summed E-state index contributed by atoms with van der Waals surface area (Å²) in [4.78, 5) is 16.8. The predicted molar refractivity (Wildman–Crippen MR) is 82.6 cm³/mol. The van der Waals surface area contributed by atoms with E-state index in [9.17, 15) is 4.79 Å². The minimum Gasteiger partial charge on any atom is -0.351 e. The number of halogens is 1. The van der Waals surface area contributed by atoms with Gasteiger partial charge in [-0.1, -0.05) is 31.1 Å². The van der Waals surface area contributed by atoms with E-state index < -0.39 is 0 Å². The number of azide groups is 1. The van der Waals surface area contributed by atoms with Gasteiger partial charge in [-0.15, -0.1) is 12.4 Å². The minimum atomic E-state index is -0.111. The largest absolute Gasteiger partial charge is 0.351 e. The van der Waals surface area contributed by atoms with Gasteiger partial charge >= 0.3 is 0 Å². The van der Waals surface area contributed by atoms with Gasteiger partial charge in [-0.3, -0.25) is 4.79 Å². The summed E-state index contributed by atoms with van der Waals surface area (Å²) >= 11 is 0. The van der Waals surface area contributed by atoms with Crippen LogP contribution in [0.5, 0.6) is 0 Å². The van der Waals surface area contributed by atoms with Crippen LogP contribution >= 0.6 is 12.4 Å². The van der Waals surface area contributed by atoms with Gasteiger partial charge < -0.3 is 10.2 Å². The fourth-order valence-electron chi connectivity index (χ4n) is 1.70. The summed E-state index contributed by atoms with van der Waals surface area (Å²) in [6.45, 7) is 7.62. The molecule has 1 aromatic carbocycles. The van der Waals surface area contributed by atoms with Crippen LogP contribution in [0, 0.1) is 0 Å². The summed E-state index contributed by atoms with van der Waals surface area (Å²) in [5, 5.41) is 6.32. The first-order valence-electron chi connectivity index (χ1n) is 6.37. The van der Waals surface area contributed by atoms with Crippen molar-refractivity contribution >= 4 is 24.0 Å². The molecule has 1 aromatic rings. The van der Waals surface area contributed by atoms with Crippen LogP contribution in [0.15, 0.2) is 29.4 Å². The van der Waals surface area contributed by atoms with Crippen LogP contribution in [0.25, 0.3) is 10.4 Å². The number of amides is 1. The number of nitrogens with one attached hydrogen (secondary N) is 1. The van der Waals surface area contributed by atoms with Gasteiger partial charge in [0.1, 0.15) is 0 Å². The molecule has 0 aliphatic rings. The molecule has 0 saturated heterocycles. The van der Waals surface area contributed by atoms with Gasteiger partial charge in [0, 0.05) is 29.3 Å². The molecular formula is C13H20ClN5O. The van der Waals surface area contributed by atoms with Gasteiger partial charge in [0.05, 0.1) is 0 Å². The third-order valence-corrected chi connectivity index (χ3v) is 2.90. The molecular weight excluding hydrogens is 278 g/mol. The van der Waals surface area contributed by atoms with Crippen LogP contribution in [-0.4, -0.2) is 37.0 Å². The molecule has 0 unspecified atom stereocenters. The standard InChI is InChI=1S/C13H19N5O.ClH/c1-3-18(4-2)10-9-15-13(19)11-5-7-12(8-6-11)16-17-14;/h5-8H,3-4,9-10H2,1-2H3,(H,15,19);1H. The van der Waals surface area contributed by atoms with E-state index in [0.717, 1.165) is 19.6 Å². The molecule has 0 fully saturated rings. The van der Waals surface area contributed by atoms with Crippen molar-refractivity contribution in [1.29, 1.82) is 0 Å². The summed E-state index contributed by atoms with van der Waals surface area (Å²) in [6.07, 6.45) is 0. The van der Waals surface area contributed by atoms with Crippen LogP contribution in [0.2, 0.25) is 0 Å². The second kappa shape index (κ2) is 10.1. The van der Waals surface area contributed by atoms with E-state index in [1.165, 1.54) is 0 Å². The van der Waals surface area contributed by atoms with Crippen LogP contribution in [0.4, 0.5) is 5.69 Å². The van der Waals surface area contributed by atoms with E-state index in [0.29, 0.717) is 17.8 Å². The number of benzene rings is 1. The van der Waals surface area contributed by atoms with Crippen molar-refractivity contribution < 1.29 is 4.79 Å². The second-order valence-electron chi connectivity index (χ2n) is 4.02. The zero-order valence-corrected chi connectivity index (χ0v) is 12.6. The highest BCUT2D eigenvalue weighted by atomic mass is 35.5. The number of likely N-dealkylation sites (N-methyl/N-ethyl adjacent to an activating group) is 1. The molecule has 20 heavy (non-hydrogen) atoms. The normalized spacial score (nSPS) is 9.55. The molecule has 0 radical (unpaired) electrons. The van der Waals surface area contributed by atoms with Gasteiger partial charge in [-0.05, 0) is 30.8 Å². The lowest BCUT2D eigenvalue weighted by Gasteiger charge is -2.17. The molecule has 0 heterocycles. The van der Waals surface area contributed by atoms with Crippen molar-refractivity contribution in [2.24, 2.45) is 5.11 Å². The minimum absolute atomic E-state index is 0. The Hall–Kier alpha value is -1.75. The second-order valence-corrected chi connectivity index (χ2v) is 4.02. The van der Waals surface area contributed by atoms with E-state index in [2.05, 4.69) is 34.1 Å². The molecule has 0 aliphatic heterocycles.